The van der Waals surface area contributed by atoms with Crippen molar-refractivity contribution in [3.05, 3.63) is 167 Å². The molecule has 1 saturated heterocycles. The Morgan fingerprint density at radius 2 is 0.745 bits per heavy atom. The summed E-state index contributed by atoms with van der Waals surface area (Å²) >= 11 is 0. The molecule has 4 heterocycles. The van der Waals surface area contributed by atoms with Crippen LogP contribution in [0.5, 0.6) is 0 Å². The minimum Gasteiger partial charge on any atom is -0.378 e. The molecule has 0 atom stereocenters. The molecule has 6 radical (unpaired) electrons. The second kappa shape index (κ2) is 32.6. The molecule has 12 rings (SSSR count). The van der Waals surface area contributed by atoms with Gasteiger partial charge in [-0.25, -0.2) is 9.98 Å². The zero-order valence-corrected chi connectivity index (χ0v) is 69.2. The number of morpholine rings is 1. The minimum absolute atomic E-state index is 0. The van der Waals surface area contributed by atoms with Crippen LogP contribution in [-0.2, 0) is 65.4 Å². The second-order valence-corrected chi connectivity index (χ2v) is 28.5. The molecule has 8 aromatic carbocycles. The molecule has 1 aliphatic heterocycles. The first-order valence-electron chi connectivity index (χ1n) is 26.3. The Bertz CT molecular complexity index is 5590. The van der Waals surface area contributed by atoms with Crippen molar-refractivity contribution >= 4 is 323 Å². The maximum atomic E-state index is 13.0. The Kier molecular flexibility index (Phi) is 27.7. The Hall–Kier alpha value is -3.61. The molecule has 98 heavy (non-hydrogen) atoms. The van der Waals surface area contributed by atoms with Crippen LogP contribution in [0.1, 0.15) is 22.3 Å². The number of nitrogens with one attached hydrogen (secondary N) is 2. The molecule has 0 spiro atoms. The number of rotatable bonds is 15. The van der Waals surface area contributed by atoms with Gasteiger partial charge < -0.3 is 9.64 Å². The van der Waals surface area contributed by atoms with Crippen LogP contribution in [0.25, 0.3) is 79.3 Å². The van der Waals surface area contributed by atoms with E-state index in [2.05, 4.69) is 45.3 Å². The Labute approximate surface area is 689 Å². The fraction of sp³-hybridized carbons (Fsp3) is 0.0727. The van der Waals surface area contributed by atoms with Crippen molar-refractivity contribution in [1.29, 1.82) is 0 Å². The maximum Gasteiger partial charge on any atom is 0.295 e. The van der Waals surface area contributed by atoms with E-state index < -0.39 is 90.1 Å². The van der Waals surface area contributed by atoms with Crippen molar-refractivity contribution in [2.75, 3.05) is 31.2 Å². The molecular formula is C55H42N12Na6O19S6. The molecule has 478 valence electrons. The van der Waals surface area contributed by atoms with Crippen LogP contribution in [0.15, 0.2) is 173 Å². The van der Waals surface area contributed by atoms with Crippen molar-refractivity contribution in [1.82, 2.24) is 44.9 Å². The van der Waals surface area contributed by atoms with E-state index in [0.29, 0.717) is 23.9 Å². The largest absolute Gasteiger partial charge is 0.378 e. The number of fused-ring (bicyclic) bond motifs is 6. The zero-order chi connectivity index (χ0) is 65.5. The van der Waals surface area contributed by atoms with Gasteiger partial charge in [0.2, 0.25) is 17.2 Å². The number of aromatic amines is 2. The molecule has 8 N–H and O–H groups in total. The number of ether oxygens (including phenoxy) is 1. The second-order valence-electron chi connectivity index (χ2n) is 20.1. The molecule has 0 amide bonds. The van der Waals surface area contributed by atoms with Crippen LogP contribution in [0.3, 0.4) is 0 Å². The van der Waals surface area contributed by atoms with E-state index in [4.69, 9.17) is 4.74 Å². The number of aromatic nitrogens is 9. The smallest absolute Gasteiger partial charge is 0.295 e. The van der Waals surface area contributed by atoms with Gasteiger partial charge in [-0.05, 0) is 82.9 Å². The molecule has 0 unspecified atom stereocenters. The van der Waals surface area contributed by atoms with Crippen molar-refractivity contribution in [2.45, 2.75) is 29.4 Å². The number of hydrogen-bond acceptors (Lipinski definition) is 21. The quantitative estimate of drug-likeness (QED) is 0.0414. The predicted molar refractivity (Wildman–Crippen MR) is 363 cm³/mol. The van der Waals surface area contributed by atoms with E-state index in [1.807, 2.05) is 0 Å². The first-order chi connectivity index (χ1) is 43.3. The number of H-pyrrole nitrogens is 2. The van der Waals surface area contributed by atoms with Gasteiger partial charge in [-0.15, -0.1) is 20.4 Å². The standard InChI is InChI=1S/C55H42N12O19S6.6Na/c68-87(69,70)45-25-35(17-13-31(45)9-11-33-15-19-37(27-47(33)89(74,75)76)66-61-43-29-49(91(80,81)82)39-5-1-3-7-41(39)51(43)63-66)56-53-58-54(60-55(59-53)65-21-23-86-24-22-65)57-36-18-14-32(46(26-36)88(71,72)73)10-12-34-16-20-38(28-48(34)90(77,78)79)67-62-44-30-50(92(83,84)85)40-6-2-4-8-42(40)52(44)64-67;;;;;;/h1-20,25-30H,21-24H2,(H,68,69,70)(H,71,72,73)(H,74,75,76)(H,77,78,79)(H,80,81,82)(H,83,84,85)(H2,56,57,58,59,60);;;;;;. The first kappa shape index (κ1) is 83.3. The summed E-state index contributed by atoms with van der Waals surface area (Å²) in [6.07, 6.45) is 4.53. The fourth-order valence-corrected chi connectivity index (χ4v) is 14.3. The van der Waals surface area contributed by atoms with E-state index in [0.717, 1.165) is 70.3 Å². The summed E-state index contributed by atoms with van der Waals surface area (Å²) < 4.78 is 219. The molecule has 31 nitrogen and oxygen atoms in total. The molecule has 43 heteroatoms. The van der Waals surface area contributed by atoms with E-state index in [9.17, 15) is 77.8 Å². The van der Waals surface area contributed by atoms with Crippen molar-refractivity contribution in [3.63, 3.8) is 0 Å². The van der Waals surface area contributed by atoms with Crippen LogP contribution in [-0.4, -0.2) is 326 Å². The predicted octanol–water partition coefficient (Wildman–Crippen LogP) is 3.35. The van der Waals surface area contributed by atoms with E-state index >= 15 is 0 Å². The van der Waals surface area contributed by atoms with Gasteiger partial charge in [0.25, 0.3) is 60.7 Å². The summed E-state index contributed by atoms with van der Waals surface area (Å²) in [5.41, 5.74) is -1.03. The Balaban J connectivity index is 0.00000253. The molecular weight excluding hydrogens is 1460 g/mol. The Morgan fingerprint density at radius 1 is 0.398 bits per heavy atom. The van der Waals surface area contributed by atoms with Crippen LogP contribution in [0.4, 0.5) is 17.3 Å². The fourth-order valence-electron chi connectivity index (χ4n) is 10.1. The SMILES string of the molecule is O=S(=O)(O)c1cc(N=c2nc(N3CCOCC3)[nH]c(=Nc3ccc(C=Cc4ccc(-n5nc6cc(S(=O)(=O)O)c7ccccc7c6n5)cc4S(=O)(=O)O)c(S(=O)(=O)O)c3)[nH]2)ccc1C=Cc1ccc(-n2nc3cc(S(=O)(=O)O)c4ccccc4c3n2)cc1S(=O)(=O)O.[Na].[Na].[Na].[Na].[Na].[Na]. The van der Waals surface area contributed by atoms with Gasteiger partial charge in [-0.3, -0.25) is 37.3 Å². The molecule has 0 saturated carbocycles. The third-order valence-corrected chi connectivity index (χ3v) is 19.6. The summed E-state index contributed by atoms with van der Waals surface area (Å²) in [6, 6.07) is 28.6. The third-order valence-electron chi connectivity index (χ3n) is 14.2. The van der Waals surface area contributed by atoms with E-state index in [-0.39, 0.29) is 286 Å². The number of anilines is 1. The average Bonchev–Trinajstić information content (AvgIpc) is 1.60. The van der Waals surface area contributed by atoms with Crippen molar-refractivity contribution < 1.29 is 82.6 Å². The normalized spacial score (nSPS) is 13.6. The van der Waals surface area contributed by atoms with E-state index in [1.165, 1.54) is 60.7 Å². The van der Waals surface area contributed by atoms with Crippen LogP contribution < -0.4 is 16.1 Å². The minimum atomic E-state index is -5.09. The Morgan fingerprint density at radius 3 is 1.12 bits per heavy atom. The summed E-state index contributed by atoms with van der Waals surface area (Å²) in [4.78, 5) is 19.2. The summed E-state index contributed by atoms with van der Waals surface area (Å²) in [6.45, 7) is 1.16. The molecule has 1 aliphatic rings. The molecule has 11 aromatic rings. The number of nitrogens with zero attached hydrogens (tertiary/aromatic N) is 10. The maximum absolute atomic E-state index is 13.0. The third kappa shape index (κ3) is 18.5. The van der Waals surface area contributed by atoms with Gasteiger partial charge >= 0.3 is 0 Å². The van der Waals surface area contributed by atoms with Gasteiger partial charge in [-0.1, -0.05) is 97.1 Å². The van der Waals surface area contributed by atoms with Crippen LogP contribution in [0, 0.1) is 0 Å². The first-order valence-corrected chi connectivity index (χ1v) is 35.0. The summed E-state index contributed by atoms with van der Waals surface area (Å²) in [5.74, 6) is 0.141. The van der Waals surface area contributed by atoms with Gasteiger partial charge in [0, 0.05) is 212 Å². The molecule has 0 aliphatic carbocycles. The monoisotopic (exact) mass is 1500 g/mol. The van der Waals surface area contributed by atoms with Crippen molar-refractivity contribution in [2.24, 2.45) is 9.98 Å². The molecule has 1 fully saturated rings. The molecule has 0 bridgehead atoms. The number of benzene rings is 8. The van der Waals surface area contributed by atoms with E-state index in [1.54, 1.807) is 41.3 Å². The van der Waals surface area contributed by atoms with Crippen molar-refractivity contribution in [3.8, 4) is 11.4 Å². The van der Waals surface area contributed by atoms with Crippen LogP contribution in [0.2, 0.25) is 0 Å². The van der Waals surface area contributed by atoms with Gasteiger partial charge in [0.15, 0.2) is 0 Å². The number of hydrogen-bond donors (Lipinski definition) is 8. The zero-order valence-electron chi connectivity index (χ0n) is 52.3. The summed E-state index contributed by atoms with van der Waals surface area (Å²) in [7, 11) is -29.7. The van der Waals surface area contributed by atoms with Gasteiger partial charge in [-0.2, -0.15) is 65.1 Å². The van der Waals surface area contributed by atoms with Gasteiger partial charge in [0.1, 0.15) is 51.4 Å². The van der Waals surface area contributed by atoms with Crippen LogP contribution >= 0.6 is 0 Å². The van der Waals surface area contributed by atoms with Gasteiger partial charge in [0.05, 0.1) is 36.0 Å². The summed E-state index contributed by atoms with van der Waals surface area (Å²) in [5, 5.41) is 18.3. The topological polar surface area (TPSA) is 469 Å². The average molecular weight is 1510 g/mol. The molecule has 3 aromatic heterocycles.